The van der Waals surface area contributed by atoms with E-state index in [1.165, 1.54) is 136 Å². The summed E-state index contributed by atoms with van der Waals surface area (Å²) in [5, 5.41) is 0. The molecule has 0 aromatic rings. The fourth-order valence-electron chi connectivity index (χ4n) is 11.9. The molecule has 0 bridgehead atoms. The fourth-order valence-corrected chi connectivity index (χ4v) is 11.9. The summed E-state index contributed by atoms with van der Waals surface area (Å²) in [7, 11) is 4.52. The molecular formula is C60H134N6. The van der Waals surface area contributed by atoms with Crippen molar-refractivity contribution in [1.82, 2.24) is 29.4 Å². The van der Waals surface area contributed by atoms with Gasteiger partial charge in [-0.15, -0.1) is 0 Å². The molecule has 1 atom stereocenters. The van der Waals surface area contributed by atoms with Gasteiger partial charge >= 0.3 is 0 Å². The van der Waals surface area contributed by atoms with Crippen molar-refractivity contribution in [1.29, 1.82) is 0 Å². The molecule has 0 radical (unpaired) electrons. The van der Waals surface area contributed by atoms with Crippen molar-refractivity contribution in [2.45, 2.75) is 268 Å². The van der Waals surface area contributed by atoms with Gasteiger partial charge in [0.25, 0.3) is 0 Å². The Morgan fingerprint density at radius 1 is 0.424 bits per heavy atom. The first kappa shape index (κ1) is 72.3. The van der Waals surface area contributed by atoms with Gasteiger partial charge in [-0.25, -0.2) is 0 Å². The zero-order valence-corrected chi connectivity index (χ0v) is 49.8. The van der Waals surface area contributed by atoms with Crippen LogP contribution in [0.4, 0.5) is 0 Å². The van der Waals surface area contributed by atoms with E-state index in [9.17, 15) is 0 Å². The normalized spacial score (nSPS) is 20.4. The van der Waals surface area contributed by atoms with Crippen LogP contribution in [0.1, 0.15) is 246 Å². The van der Waals surface area contributed by atoms with Crippen LogP contribution in [-0.2, 0) is 0 Å². The number of hydrogen-bond acceptors (Lipinski definition) is 6. The first-order valence-electron chi connectivity index (χ1n) is 28.0. The number of piperidine rings is 2. The van der Waals surface area contributed by atoms with Crippen LogP contribution >= 0.6 is 0 Å². The van der Waals surface area contributed by atoms with Crippen LogP contribution in [-0.4, -0.2) is 145 Å². The van der Waals surface area contributed by atoms with E-state index in [-0.39, 0.29) is 25.9 Å². The van der Waals surface area contributed by atoms with Crippen LogP contribution in [0.2, 0.25) is 0 Å². The molecule has 0 amide bonds. The molecule has 0 spiro atoms. The van der Waals surface area contributed by atoms with E-state index in [0.717, 1.165) is 11.8 Å². The molecule has 4 aliphatic heterocycles. The van der Waals surface area contributed by atoms with Gasteiger partial charge in [0, 0.05) is 75.0 Å². The Hall–Kier alpha value is -0.240. The Labute approximate surface area is 422 Å². The molecule has 4 heterocycles. The van der Waals surface area contributed by atoms with E-state index in [0.29, 0.717) is 33.2 Å². The third-order valence-electron chi connectivity index (χ3n) is 17.5. The number of hydrogen-bond donors (Lipinski definition) is 0. The molecule has 0 saturated carbocycles. The zero-order chi connectivity index (χ0) is 50.5. The lowest BCUT2D eigenvalue weighted by molar-refractivity contribution is -0.0373. The maximum atomic E-state index is 2.80. The molecule has 0 aromatic carbocycles. The lowest BCUT2D eigenvalue weighted by Gasteiger charge is -2.53. The fraction of sp³-hybridized carbons (Fsp3) is 1.00. The molecule has 0 aliphatic carbocycles. The molecule has 6 nitrogen and oxygen atoms in total. The summed E-state index contributed by atoms with van der Waals surface area (Å²) in [6, 6.07) is 0.705. The highest BCUT2D eigenvalue weighted by atomic mass is 15.3. The van der Waals surface area contributed by atoms with Gasteiger partial charge in [0.15, 0.2) is 0 Å². The van der Waals surface area contributed by atoms with E-state index in [2.05, 4.69) is 161 Å². The Bertz CT molecular complexity index is 1140. The molecule has 0 aromatic heterocycles. The Morgan fingerprint density at radius 3 is 1.14 bits per heavy atom. The number of piperazine rings is 2. The molecule has 1 unspecified atom stereocenters. The first-order chi connectivity index (χ1) is 29.6. The van der Waals surface area contributed by atoms with Crippen molar-refractivity contribution in [2.75, 3.05) is 92.6 Å². The maximum Gasteiger partial charge on any atom is 0.0171 e. The SMILES string of the molecule is C.C.CC.CC.CC.CC.CCC(C)(C)C(C)(C)C1CCN(C(C)(C)CC(C)(C)N2CCN(C)CC2)CC1.CCC(C)(C)CC(C)N1CCN(C(C)(C)CC(C)(C)C2CCN(C)CC2)CC1. The van der Waals surface area contributed by atoms with Crippen molar-refractivity contribution in [3.05, 3.63) is 0 Å². The Balaban J connectivity index is -0.000000493. The van der Waals surface area contributed by atoms with Gasteiger partial charge in [-0.1, -0.05) is 152 Å². The maximum absolute atomic E-state index is 2.80. The summed E-state index contributed by atoms with van der Waals surface area (Å²) in [6.07, 6.45) is 11.9. The molecule has 4 fully saturated rings. The predicted molar refractivity (Wildman–Crippen MR) is 307 cm³/mol. The predicted octanol–water partition coefficient (Wildman–Crippen LogP) is 16.1. The number of likely N-dealkylation sites (tertiary alicyclic amines) is 2. The zero-order valence-electron chi connectivity index (χ0n) is 49.8. The third kappa shape index (κ3) is 22.5. The second-order valence-corrected chi connectivity index (χ2v) is 24.5. The molecule has 404 valence electrons. The van der Waals surface area contributed by atoms with E-state index >= 15 is 0 Å². The van der Waals surface area contributed by atoms with E-state index in [1.807, 2.05) is 55.4 Å². The summed E-state index contributed by atoms with van der Waals surface area (Å²) in [6.45, 7) is 72.8. The largest absolute Gasteiger partial charge is 0.306 e. The Kier molecular flexibility index (Phi) is 35.8. The van der Waals surface area contributed by atoms with Gasteiger partial charge in [0.05, 0.1) is 0 Å². The van der Waals surface area contributed by atoms with Gasteiger partial charge in [-0.05, 0) is 167 Å². The minimum atomic E-state index is 0. The van der Waals surface area contributed by atoms with E-state index in [4.69, 9.17) is 0 Å². The molecule has 0 N–H and O–H groups in total. The summed E-state index contributed by atoms with van der Waals surface area (Å²) < 4.78 is 0. The summed E-state index contributed by atoms with van der Waals surface area (Å²) in [5.41, 5.74) is 2.56. The van der Waals surface area contributed by atoms with Crippen LogP contribution in [0.15, 0.2) is 0 Å². The van der Waals surface area contributed by atoms with Crippen molar-refractivity contribution >= 4 is 0 Å². The molecular weight excluding hydrogens is 805 g/mol. The summed E-state index contributed by atoms with van der Waals surface area (Å²) in [5.74, 6) is 1.72. The number of nitrogens with zero attached hydrogens (tertiary/aromatic N) is 6. The standard InChI is InChI=1S/2C25H51N3.4C2H6.2CH4/c1-11-22(2,3)25(8,9)21-12-14-27(15-13-21)23(4,5)20-24(6,7)28-18-16-26(10)17-19-28;1-10-23(3,4)19-21(2)27-15-17-28(18-16-27)25(7,8)20-24(5,6)22-11-13-26(9)14-12-22;4*1-2;;/h21H,11-20H2,1-10H3;21-22H,10-20H2,1-9H3;4*1-2H3;2*1H4. The average molecular weight is 940 g/mol. The number of likely N-dealkylation sites (N-methyl/N-ethyl adjacent to an activating group) is 1. The lowest BCUT2D eigenvalue weighted by atomic mass is 9.58. The summed E-state index contributed by atoms with van der Waals surface area (Å²) >= 11 is 0. The quantitative estimate of drug-likeness (QED) is 0.162. The van der Waals surface area contributed by atoms with Gasteiger partial charge in [0.2, 0.25) is 0 Å². The molecule has 6 heteroatoms. The topological polar surface area (TPSA) is 19.4 Å². The van der Waals surface area contributed by atoms with Gasteiger partial charge < -0.3 is 9.80 Å². The van der Waals surface area contributed by atoms with Crippen LogP contribution in [0.5, 0.6) is 0 Å². The van der Waals surface area contributed by atoms with E-state index in [1.54, 1.807) is 0 Å². The van der Waals surface area contributed by atoms with Crippen molar-refractivity contribution < 1.29 is 0 Å². The van der Waals surface area contributed by atoms with Crippen molar-refractivity contribution in [2.24, 2.45) is 33.5 Å². The molecule has 66 heavy (non-hydrogen) atoms. The van der Waals surface area contributed by atoms with Gasteiger partial charge in [0.1, 0.15) is 0 Å². The van der Waals surface area contributed by atoms with Crippen molar-refractivity contribution in [3.63, 3.8) is 0 Å². The highest BCUT2D eigenvalue weighted by molar-refractivity contribution is 4.99. The molecule has 4 aliphatic rings. The summed E-state index contributed by atoms with van der Waals surface area (Å²) in [4.78, 5) is 16.0. The molecule has 4 rings (SSSR count). The molecule has 4 saturated heterocycles. The van der Waals surface area contributed by atoms with E-state index < -0.39 is 0 Å². The second kappa shape index (κ2) is 32.7. The second-order valence-electron chi connectivity index (χ2n) is 24.5. The number of rotatable bonds is 15. The monoisotopic (exact) mass is 939 g/mol. The highest BCUT2D eigenvalue weighted by Crippen LogP contribution is 2.50. The Morgan fingerprint density at radius 2 is 0.758 bits per heavy atom. The lowest BCUT2D eigenvalue weighted by Crippen LogP contribution is -2.59. The van der Waals surface area contributed by atoms with Crippen LogP contribution in [0, 0.1) is 33.5 Å². The third-order valence-corrected chi connectivity index (χ3v) is 17.5. The smallest absolute Gasteiger partial charge is 0.0171 e. The van der Waals surface area contributed by atoms with Crippen LogP contribution in [0.25, 0.3) is 0 Å². The average Bonchev–Trinajstić information content (AvgIpc) is 3.26. The first-order valence-corrected chi connectivity index (χ1v) is 28.0. The van der Waals surface area contributed by atoms with Gasteiger partial charge in [-0.3, -0.25) is 19.6 Å². The van der Waals surface area contributed by atoms with Crippen LogP contribution < -0.4 is 0 Å². The van der Waals surface area contributed by atoms with Crippen LogP contribution in [0.3, 0.4) is 0 Å². The van der Waals surface area contributed by atoms with Gasteiger partial charge in [-0.2, -0.15) is 0 Å². The highest BCUT2D eigenvalue weighted by Gasteiger charge is 2.46. The minimum absolute atomic E-state index is 0. The van der Waals surface area contributed by atoms with Crippen molar-refractivity contribution in [3.8, 4) is 0 Å². The minimum Gasteiger partial charge on any atom is -0.306 e.